The standard InChI is InChI=1S/C14H11BrN2S/c1-9-5-10(2)17-14(6-9)18-13-7-12(15)4-3-11(13)8-16/h3-7H,1-2H3. The largest absolute Gasteiger partial charge is 0.246 e. The number of aryl methyl sites for hydroxylation is 2. The minimum Gasteiger partial charge on any atom is -0.246 e. The molecule has 0 bridgehead atoms. The van der Waals surface area contributed by atoms with Gasteiger partial charge in [0.25, 0.3) is 0 Å². The molecule has 2 nitrogen and oxygen atoms in total. The molecule has 0 unspecified atom stereocenters. The zero-order valence-corrected chi connectivity index (χ0v) is 12.5. The van der Waals surface area contributed by atoms with Gasteiger partial charge in [-0.3, -0.25) is 0 Å². The van der Waals surface area contributed by atoms with Crippen LogP contribution in [0.1, 0.15) is 16.8 Å². The molecule has 18 heavy (non-hydrogen) atoms. The van der Waals surface area contributed by atoms with E-state index < -0.39 is 0 Å². The maximum Gasteiger partial charge on any atom is 0.101 e. The molecule has 0 N–H and O–H groups in total. The number of aromatic nitrogens is 1. The van der Waals surface area contributed by atoms with Crippen LogP contribution in [0.4, 0.5) is 0 Å². The molecule has 0 atom stereocenters. The van der Waals surface area contributed by atoms with E-state index in [1.54, 1.807) is 0 Å². The lowest BCUT2D eigenvalue weighted by molar-refractivity contribution is 1.05. The van der Waals surface area contributed by atoms with Crippen molar-refractivity contribution >= 4 is 27.7 Å². The summed E-state index contributed by atoms with van der Waals surface area (Å²) in [5.74, 6) is 0. The molecule has 1 aromatic carbocycles. The van der Waals surface area contributed by atoms with Crippen molar-refractivity contribution in [2.75, 3.05) is 0 Å². The average Bonchev–Trinajstić information content (AvgIpc) is 2.27. The topological polar surface area (TPSA) is 36.7 Å². The molecule has 0 saturated carbocycles. The van der Waals surface area contributed by atoms with Gasteiger partial charge in [-0.25, -0.2) is 4.98 Å². The first-order valence-electron chi connectivity index (χ1n) is 5.41. The van der Waals surface area contributed by atoms with Crippen molar-refractivity contribution in [3.8, 4) is 6.07 Å². The van der Waals surface area contributed by atoms with Gasteiger partial charge < -0.3 is 0 Å². The minimum absolute atomic E-state index is 0.671. The van der Waals surface area contributed by atoms with E-state index in [0.717, 1.165) is 20.1 Å². The van der Waals surface area contributed by atoms with Gasteiger partial charge in [0.15, 0.2) is 0 Å². The smallest absolute Gasteiger partial charge is 0.101 e. The van der Waals surface area contributed by atoms with Gasteiger partial charge in [0.05, 0.1) is 5.56 Å². The fourth-order valence-corrected chi connectivity index (χ4v) is 3.22. The Morgan fingerprint density at radius 2 is 2.00 bits per heavy atom. The molecule has 0 saturated heterocycles. The molecule has 2 rings (SSSR count). The van der Waals surface area contributed by atoms with Crippen molar-refractivity contribution in [2.45, 2.75) is 23.8 Å². The maximum atomic E-state index is 9.10. The van der Waals surface area contributed by atoms with Gasteiger partial charge in [-0.05, 0) is 49.7 Å². The highest BCUT2D eigenvalue weighted by atomic mass is 79.9. The summed E-state index contributed by atoms with van der Waals surface area (Å²) >= 11 is 4.94. The SMILES string of the molecule is Cc1cc(C)nc(Sc2cc(Br)ccc2C#N)c1. The van der Waals surface area contributed by atoms with Gasteiger partial charge in [-0.15, -0.1) is 0 Å². The zero-order valence-electron chi connectivity index (χ0n) is 10.1. The summed E-state index contributed by atoms with van der Waals surface area (Å²) in [5.41, 5.74) is 2.84. The molecular weight excluding hydrogens is 308 g/mol. The number of pyridine rings is 1. The number of hydrogen-bond donors (Lipinski definition) is 0. The third kappa shape index (κ3) is 3.12. The Kier molecular flexibility index (Phi) is 4.05. The van der Waals surface area contributed by atoms with Crippen LogP contribution in [0.25, 0.3) is 0 Å². The lowest BCUT2D eigenvalue weighted by atomic mass is 10.2. The van der Waals surface area contributed by atoms with Gasteiger partial charge in [0, 0.05) is 15.1 Å². The molecule has 1 heterocycles. The Hall–Kier alpha value is -1.31. The van der Waals surface area contributed by atoms with E-state index in [2.05, 4.69) is 27.0 Å². The van der Waals surface area contributed by atoms with Crippen LogP contribution in [0.2, 0.25) is 0 Å². The van der Waals surface area contributed by atoms with Crippen LogP contribution in [0.15, 0.2) is 44.7 Å². The lowest BCUT2D eigenvalue weighted by Crippen LogP contribution is -1.88. The first-order chi connectivity index (χ1) is 8.58. The predicted molar refractivity (Wildman–Crippen MR) is 76.7 cm³/mol. The first kappa shape index (κ1) is 13.1. The summed E-state index contributed by atoms with van der Waals surface area (Å²) in [6, 6.07) is 11.9. The number of benzene rings is 1. The van der Waals surface area contributed by atoms with Crippen LogP contribution in [0.3, 0.4) is 0 Å². The Bertz CT molecular complexity index is 612. The van der Waals surface area contributed by atoms with Gasteiger partial charge in [-0.2, -0.15) is 5.26 Å². The number of nitrogens with zero attached hydrogens (tertiary/aromatic N) is 2. The van der Waals surface area contributed by atoms with Crippen LogP contribution in [0.5, 0.6) is 0 Å². The van der Waals surface area contributed by atoms with E-state index in [9.17, 15) is 0 Å². The monoisotopic (exact) mass is 318 g/mol. The quantitative estimate of drug-likeness (QED) is 0.818. The predicted octanol–water partition coefficient (Wildman–Crippen LogP) is 4.48. The molecule has 1 aromatic heterocycles. The molecule has 90 valence electrons. The highest BCUT2D eigenvalue weighted by Crippen LogP contribution is 2.31. The number of nitriles is 1. The Morgan fingerprint density at radius 1 is 1.22 bits per heavy atom. The highest BCUT2D eigenvalue weighted by Gasteiger charge is 2.07. The second-order valence-corrected chi connectivity index (χ2v) is 5.96. The van der Waals surface area contributed by atoms with E-state index in [1.165, 1.54) is 17.3 Å². The molecule has 2 aromatic rings. The fraction of sp³-hybridized carbons (Fsp3) is 0.143. The second kappa shape index (κ2) is 5.55. The summed E-state index contributed by atoms with van der Waals surface area (Å²) < 4.78 is 0.966. The molecule has 0 radical (unpaired) electrons. The Labute approximate surface area is 119 Å². The van der Waals surface area contributed by atoms with Crippen molar-refractivity contribution in [2.24, 2.45) is 0 Å². The van der Waals surface area contributed by atoms with Gasteiger partial charge in [0.1, 0.15) is 11.1 Å². The fourth-order valence-electron chi connectivity index (χ4n) is 1.64. The van der Waals surface area contributed by atoms with Crippen molar-refractivity contribution in [1.29, 1.82) is 5.26 Å². The summed E-state index contributed by atoms with van der Waals surface area (Å²) in [6.07, 6.45) is 0. The van der Waals surface area contributed by atoms with Crippen LogP contribution in [-0.4, -0.2) is 4.98 Å². The van der Waals surface area contributed by atoms with Crippen molar-refractivity contribution in [3.05, 3.63) is 51.6 Å². The third-order valence-corrected chi connectivity index (χ3v) is 3.82. The van der Waals surface area contributed by atoms with Crippen molar-refractivity contribution < 1.29 is 0 Å². The third-order valence-electron chi connectivity index (χ3n) is 2.35. The molecule has 0 spiro atoms. The highest BCUT2D eigenvalue weighted by molar-refractivity contribution is 9.10. The molecule has 0 aliphatic heterocycles. The van der Waals surface area contributed by atoms with Crippen LogP contribution in [-0.2, 0) is 0 Å². The first-order valence-corrected chi connectivity index (χ1v) is 7.02. The van der Waals surface area contributed by atoms with E-state index in [1.807, 2.05) is 44.2 Å². The van der Waals surface area contributed by atoms with E-state index >= 15 is 0 Å². The van der Waals surface area contributed by atoms with E-state index in [4.69, 9.17) is 5.26 Å². The van der Waals surface area contributed by atoms with Gasteiger partial charge in [0.2, 0.25) is 0 Å². The summed E-state index contributed by atoms with van der Waals surface area (Å²) in [6.45, 7) is 4.02. The van der Waals surface area contributed by atoms with Crippen molar-refractivity contribution in [3.63, 3.8) is 0 Å². The molecule has 0 fully saturated rings. The van der Waals surface area contributed by atoms with Crippen LogP contribution < -0.4 is 0 Å². The van der Waals surface area contributed by atoms with Crippen LogP contribution in [0, 0.1) is 25.2 Å². The maximum absolute atomic E-state index is 9.10. The van der Waals surface area contributed by atoms with Crippen molar-refractivity contribution in [1.82, 2.24) is 4.98 Å². The second-order valence-electron chi connectivity index (χ2n) is 3.98. The van der Waals surface area contributed by atoms with E-state index in [-0.39, 0.29) is 0 Å². The Morgan fingerprint density at radius 3 is 2.67 bits per heavy atom. The molecule has 0 amide bonds. The molecule has 4 heteroatoms. The molecule has 0 aliphatic rings. The number of halogens is 1. The minimum atomic E-state index is 0.671. The van der Waals surface area contributed by atoms with Gasteiger partial charge in [-0.1, -0.05) is 27.7 Å². The summed E-state index contributed by atoms with van der Waals surface area (Å²) in [5, 5.41) is 10.0. The normalized spacial score (nSPS) is 10.1. The van der Waals surface area contributed by atoms with E-state index in [0.29, 0.717) is 5.56 Å². The lowest BCUT2D eigenvalue weighted by Gasteiger charge is -2.06. The van der Waals surface area contributed by atoms with Gasteiger partial charge >= 0.3 is 0 Å². The van der Waals surface area contributed by atoms with Crippen LogP contribution >= 0.6 is 27.7 Å². The Balaban J connectivity index is 2.39. The molecule has 0 aliphatic carbocycles. The molecular formula is C14H11BrN2S. The number of rotatable bonds is 2. The zero-order chi connectivity index (χ0) is 13.1. The number of hydrogen-bond acceptors (Lipinski definition) is 3. The summed E-state index contributed by atoms with van der Waals surface area (Å²) in [4.78, 5) is 5.39. The average molecular weight is 319 g/mol. The summed E-state index contributed by atoms with van der Waals surface area (Å²) in [7, 11) is 0.